The Kier molecular flexibility index (Phi) is 6.33. The number of hydrogen-bond acceptors (Lipinski definition) is 4. The number of esters is 1. The number of ether oxygens (including phenoxy) is 2. The van der Waals surface area contributed by atoms with Crippen LogP contribution in [0, 0.1) is 11.6 Å². The molecular weight excluding hydrogens is 378 g/mol. The number of carbonyl (C=O) groups is 1. The highest BCUT2D eigenvalue weighted by molar-refractivity contribution is 5.83. The lowest BCUT2D eigenvalue weighted by molar-refractivity contribution is -0.156. The first kappa shape index (κ1) is 21.0. The molecule has 0 amide bonds. The van der Waals surface area contributed by atoms with Gasteiger partial charge < -0.3 is 14.6 Å². The van der Waals surface area contributed by atoms with E-state index in [1.54, 1.807) is 24.3 Å². The molecule has 4 nitrogen and oxygen atoms in total. The number of hydrogen-bond donors (Lipinski definition) is 1. The first-order valence-electron chi connectivity index (χ1n) is 9.52. The lowest BCUT2D eigenvalue weighted by Crippen LogP contribution is -2.31. The smallest absolute Gasteiger partial charge is 0.309 e. The Morgan fingerprint density at radius 1 is 1.24 bits per heavy atom. The van der Waals surface area contributed by atoms with E-state index in [9.17, 15) is 18.7 Å². The topological polar surface area (TPSA) is 55.8 Å². The number of rotatable bonds is 5. The van der Waals surface area contributed by atoms with Gasteiger partial charge >= 0.3 is 5.97 Å². The summed E-state index contributed by atoms with van der Waals surface area (Å²) in [4.78, 5) is 11.6. The standard InChI is InChI=1S/C23H24F2O4/c1-13(2)19-12-20(25)23(28-3)22(14-4-6-15(24)7-5-14)18(19)9-8-17-10-16(26)11-21(27)29-17/h4-9,12-13,16-17,26H,10-11H2,1-3H3/b9-8+. The first-order chi connectivity index (χ1) is 13.8. The SMILES string of the molecule is COc1c(F)cc(C(C)C)c(/C=C/C2CC(O)CC(=O)O2)c1-c1ccc(F)cc1. The van der Waals surface area contributed by atoms with Crippen LogP contribution in [0.1, 0.15) is 43.7 Å². The van der Waals surface area contributed by atoms with Gasteiger partial charge in [-0.05, 0) is 46.9 Å². The van der Waals surface area contributed by atoms with Crippen LogP contribution in [0.4, 0.5) is 8.78 Å². The Balaban J connectivity index is 2.16. The minimum Gasteiger partial charge on any atom is -0.493 e. The summed E-state index contributed by atoms with van der Waals surface area (Å²) in [5, 5.41) is 9.83. The quantitative estimate of drug-likeness (QED) is 0.727. The van der Waals surface area contributed by atoms with Gasteiger partial charge in [-0.25, -0.2) is 8.78 Å². The zero-order chi connectivity index (χ0) is 21.1. The van der Waals surface area contributed by atoms with Crippen LogP contribution in [0.2, 0.25) is 0 Å². The second-order valence-corrected chi connectivity index (χ2v) is 7.41. The molecule has 2 aromatic rings. The Morgan fingerprint density at radius 3 is 2.52 bits per heavy atom. The van der Waals surface area contributed by atoms with Gasteiger partial charge in [0.25, 0.3) is 0 Å². The zero-order valence-corrected chi connectivity index (χ0v) is 16.6. The van der Waals surface area contributed by atoms with Crippen molar-refractivity contribution in [2.24, 2.45) is 0 Å². The number of halogens is 2. The number of cyclic esters (lactones) is 1. The molecule has 0 aliphatic carbocycles. The van der Waals surface area contributed by atoms with Crippen LogP contribution < -0.4 is 4.74 Å². The molecule has 0 radical (unpaired) electrons. The van der Waals surface area contributed by atoms with E-state index in [2.05, 4.69) is 0 Å². The van der Waals surface area contributed by atoms with Crippen LogP contribution in [0.15, 0.2) is 36.4 Å². The van der Waals surface area contributed by atoms with Gasteiger partial charge in [0.05, 0.1) is 19.6 Å². The van der Waals surface area contributed by atoms with Crippen molar-refractivity contribution in [2.45, 2.75) is 44.8 Å². The molecule has 2 atom stereocenters. The maximum atomic E-state index is 14.8. The highest BCUT2D eigenvalue weighted by atomic mass is 19.1. The fourth-order valence-electron chi connectivity index (χ4n) is 3.56. The number of aliphatic hydroxyl groups excluding tert-OH is 1. The highest BCUT2D eigenvalue weighted by Gasteiger charge is 2.26. The molecule has 1 fully saturated rings. The summed E-state index contributed by atoms with van der Waals surface area (Å²) >= 11 is 0. The van der Waals surface area contributed by atoms with Gasteiger partial charge in [-0.15, -0.1) is 0 Å². The van der Waals surface area contributed by atoms with Crippen molar-refractivity contribution in [1.82, 2.24) is 0 Å². The molecule has 154 valence electrons. The predicted octanol–water partition coefficient (Wildman–Crippen LogP) is 4.84. The normalized spacial score (nSPS) is 19.6. The lowest BCUT2D eigenvalue weighted by atomic mass is 9.88. The third-order valence-corrected chi connectivity index (χ3v) is 4.93. The molecule has 0 spiro atoms. The van der Waals surface area contributed by atoms with E-state index in [4.69, 9.17) is 9.47 Å². The summed E-state index contributed by atoms with van der Waals surface area (Å²) in [5.41, 5.74) is 2.53. The molecule has 1 aliphatic heterocycles. The Hall–Kier alpha value is -2.73. The van der Waals surface area contributed by atoms with E-state index < -0.39 is 29.8 Å². The van der Waals surface area contributed by atoms with Crippen LogP contribution in [-0.4, -0.2) is 30.4 Å². The third kappa shape index (κ3) is 4.65. The van der Waals surface area contributed by atoms with E-state index in [0.717, 1.165) is 5.56 Å². The van der Waals surface area contributed by atoms with Crippen molar-refractivity contribution >= 4 is 12.0 Å². The monoisotopic (exact) mass is 402 g/mol. The predicted molar refractivity (Wildman–Crippen MR) is 107 cm³/mol. The summed E-state index contributed by atoms with van der Waals surface area (Å²) in [6.45, 7) is 3.88. The molecule has 1 saturated heterocycles. The maximum Gasteiger partial charge on any atom is 0.309 e. The second kappa shape index (κ2) is 8.74. The molecule has 0 bridgehead atoms. The van der Waals surface area contributed by atoms with Gasteiger partial charge in [0, 0.05) is 12.0 Å². The average Bonchev–Trinajstić information content (AvgIpc) is 2.66. The second-order valence-electron chi connectivity index (χ2n) is 7.41. The van der Waals surface area contributed by atoms with Gasteiger partial charge in [-0.2, -0.15) is 0 Å². The zero-order valence-electron chi connectivity index (χ0n) is 16.6. The van der Waals surface area contributed by atoms with Crippen molar-refractivity contribution < 1.29 is 28.2 Å². The molecule has 1 heterocycles. The summed E-state index contributed by atoms with van der Waals surface area (Å²) in [5.74, 6) is -1.31. The molecule has 1 N–H and O–H groups in total. The van der Waals surface area contributed by atoms with E-state index >= 15 is 0 Å². The minimum absolute atomic E-state index is 0.00579. The van der Waals surface area contributed by atoms with Gasteiger partial charge in [0.2, 0.25) is 0 Å². The molecular formula is C23H24F2O4. The van der Waals surface area contributed by atoms with Crippen molar-refractivity contribution in [3.8, 4) is 16.9 Å². The van der Waals surface area contributed by atoms with Crippen LogP contribution in [0.3, 0.4) is 0 Å². The Morgan fingerprint density at radius 2 is 1.93 bits per heavy atom. The van der Waals surface area contributed by atoms with Crippen LogP contribution >= 0.6 is 0 Å². The summed E-state index contributed by atoms with van der Waals surface area (Å²) in [6.07, 6.45) is 2.38. The molecule has 1 aliphatic rings. The van der Waals surface area contributed by atoms with Crippen LogP contribution in [0.5, 0.6) is 5.75 Å². The van der Waals surface area contributed by atoms with E-state index in [1.807, 2.05) is 13.8 Å². The van der Waals surface area contributed by atoms with Gasteiger partial charge in [-0.1, -0.05) is 32.1 Å². The Bertz CT molecular complexity index is 919. The Labute approximate surface area is 168 Å². The van der Waals surface area contributed by atoms with E-state index in [0.29, 0.717) is 23.1 Å². The third-order valence-electron chi connectivity index (χ3n) is 4.93. The molecule has 2 aromatic carbocycles. The molecule has 3 rings (SSSR count). The largest absolute Gasteiger partial charge is 0.493 e. The maximum absolute atomic E-state index is 14.8. The van der Waals surface area contributed by atoms with Crippen molar-refractivity contribution in [3.05, 3.63) is 59.2 Å². The van der Waals surface area contributed by atoms with Gasteiger partial charge in [0.15, 0.2) is 11.6 Å². The first-order valence-corrected chi connectivity index (χ1v) is 9.52. The number of aliphatic hydroxyl groups is 1. The average molecular weight is 402 g/mol. The molecule has 2 unspecified atom stereocenters. The van der Waals surface area contributed by atoms with Gasteiger partial charge in [0.1, 0.15) is 11.9 Å². The number of carbonyl (C=O) groups excluding carboxylic acids is 1. The molecule has 0 aromatic heterocycles. The van der Waals surface area contributed by atoms with E-state index in [1.165, 1.54) is 25.3 Å². The fourth-order valence-corrected chi connectivity index (χ4v) is 3.56. The van der Waals surface area contributed by atoms with Crippen molar-refractivity contribution in [1.29, 1.82) is 0 Å². The lowest BCUT2D eigenvalue weighted by Gasteiger charge is -2.24. The molecule has 6 heteroatoms. The fraction of sp³-hybridized carbons (Fsp3) is 0.348. The van der Waals surface area contributed by atoms with E-state index in [-0.39, 0.29) is 18.1 Å². The minimum atomic E-state index is -0.755. The highest BCUT2D eigenvalue weighted by Crippen LogP contribution is 2.41. The van der Waals surface area contributed by atoms with Crippen molar-refractivity contribution in [2.75, 3.05) is 7.11 Å². The van der Waals surface area contributed by atoms with Gasteiger partial charge in [-0.3, -0.25) is 4.79 Å². The van der Waals surface area contributed by atoms with Crippen LogP contribution in [0.25, 0.3) is 17.2 Å². The van der Waals surface area contributed by atoms with Crippen LogP contribution in [-0.2, 0) is 9.53 Å². The summed E-state index contributed by atoms with van der Waals surface area (Å²) < 4.78 is 38.8. The number of methoxy groups -OCH3 is 1. The molecule has 0 saturated carbocycles. The molecule has 29 heavy (non-hydrogen) atoms. The number of benzene rings is 2. The summed E-state index contributed by atoms with van der Waals surface area (Å²) in [6, 6.07) is 7.18. The summed E-state index contributed by atoms with van der Waals surface area (Å²) in [7, 11) is 1.38. The van der Waals surface area contributed by atoms with Crippen molar-refractivity contribution in [3.63, 3.8) is 0 Å².